The van der Waals surface area contributed by atoms with E-state index in [1.807, 2.05) is 0 Å². The maximum absolute atomic E-state index is 14.4. The number of hydrogen-bond donors (Lipinski definition) is 0. The van der Waals surface area contributed by atoms with Crippen LogP contribution in [0.25, 0.3) is 11.3 Å². The highest BCUT2D eigenvalue weighted by atomic mass is 35.5. The Bertz CT molecular complexity index is 916. The van der Waals surface area contributed by atoms with Crippen LogP contribution in [0.15, 0.2) is 23.8 Å². The van der Waals surface area contributed by atoms with Crippen LogP contribution in [0.3, 0.4) is 0 Å². The summed E-state index contributed by atoms with van der Waals surface area (Å²) in [7, 11) is 2.55. The maximum atomic E-state index is 14.4. The molecule has 0 aliphatic heterocycles. The van der Waals surface area contributed by atoms with Crippen molar-refractivity contribution in [2.75, 3.05) is 13.7 Å². The fraction of sp³-hybridized carbons (Fsp3) is 0.294. The van der Waals surface area contributed by atoms with Crippen LogP contribution in [-0.2, 0) is 16.6 Å². The number of carbonyl (C=O) groups is 1. The number of carbonyl (C=O) groups excluding carboxylic acids is 1. The molecule has 11 heteroatoms. The van der Waals surface area contributed by atoms with E-state index in [1.54, 1.807) is 6.92 Å². The molecule has 0 N–H and O–H groups in total. The first kappa shape index (κ1) is 21.9. The summed E-state index contributed by atoms with van der Waals surface area (Å²) in [6, 6.07) is 2.20. The Labute approximate surface area is 168 Å². The molecule has 0 atom stereocenters. The topological polar surface area (TPSA) is 62.6 Å². The van der Waals surface area contributed by atoms with Crippen LogP contribution in [0, 0.1) is 5.82 Å². The van der Waals surface area contributed by atoms with Crippen LogP contribution in [0.2, 0.25) is 10.0 Å². The van der Waals surface area contributed by atoms with Gasteiger partial charge in [0.2, 0.25) is 5.88 Å². The summed E-state index contributed by atoms with van der Waals surface area (Å²) in [6.07, 6.45) is 1.22. The number of esters is 1. The molecule has 1 aromatic carbocycles. The first-order valence-electron chi connectivity index (χ1n) is 7.68. The number of alkyl halides is 2. The number of nitrogens with zero attached hydrogens (tertiary/aromatic N) is 2. The molecule has 6 nitrogen and oxygen atoms in total. The molecule has 0 bridgehead atoms. The molecule has 0 amide bonds. The normalized spacial score (nSPS) is 11.7. The molecular formula is C17H15Cl2F3N2O4. The quantitative estimate of drug-likeness (QED) is 0.465. The van der Waals surface area contributed by atoms with Gasteiger partial charge < -0.3 is 14.2 Å². The third-order valence-electron chi connectivity index (χ3n) is 3.44. The molecule has 1 aromatic heterocycles. The first-order chi connectivity index (χ1) is 13.1. The van der Waals surface area contributed by atoms with Crippen molar-refractivity contribution in [1.29, 1.82) is 0 Å². The SMILES string of the molecule is COC(=O)/C=C(/C)COc1cc(-c2nn(C)c(OC(F)F)c2Cl)c(F)cc1Cl. The minimum absolute atomic E-state index is 0.0322. The second kappa shape index (κ2) is 9.20. The summed E-state index contributed by atoms with van der Waals surface area (Å²) in [5.41, 5.74) is 0.275. The van der Waals surface area contributed by atoms with Crippen molar-refractivity contribution in [2.45, 2.75) is 13.5 Å². The van der Waals surface area contributed by atoms with Gasteiger partial charge in [-0.2, -0.15) is 13.9 Å². The molecule has 28 heavy (non-hydrogen) atoms. The van der Waals surface area contributed by atoms with Crippen molar-refractivity contribution in [1.82, 2.24) is 9.78 Å². The molecule has 152 valence electrons. The largest absolute Gasteiger partial charge is 0.488 e. The third kappa shape index (κ3) is 5.11. The maximum Gasteiger partial charge on any atom is 0.388 e. The number of rotatable bonds is 7. The van der Waals surface area contributed by atoms with Gasteiger partial charge >= 0.3 is 12.6 Å². The standard InChI is InChI=1S/C17H15Cl2F3N2O4/c1-8(4-13(25)26-3)7-27-12-5-9(11(20)6-10(12)18)15-14(19)16(24(2)23-15)28-17(21)22/h4-6,17H,7H2,1-3H3/b8-4-. The average Bonchev–Trinajstić information content (AvgIpc) is 2.88. The molecule has 0 spiro atoms. The monoisotopic (exact) mass is 438 g/mol. The lowest BCUT2D eigenvalue weighted by Gasteiger charge is -2.11. The highest BCUT2D eigenvalue weighted by Gasteiger charge is 2.23. The molecule has 0 saturated heterocycles. The summed E-state index contributed by atoms with van der Waals surface area (Å²) >= 11 is 12.0. The van der Waals surface area contributed by atoms with E-state index < -0.39 is 24.3 Å². The number of methoxy groups -OCH3 is 1. The summed E-state index contributed by atoms with van der Waals surface area (Å²) in [6.45, 7) is -1.53. The van der Waals surface area contributed by atoms with Crippen LogP contribution in [-0.4, -0.2) is 36.1 Å². The smallest absolute Gasteiger partial charge is 0.388 e. The summed E-state index contributed by atoms with van der Waals surface area (Å²) in [5, 5.41) is 3.59. The van der Waals surface area contributed by atoms with Gasteiger partial charge in [-0.15, -0.1) is 0 Å². The Morgan fingerprint density at radius 3 is 2.64 bits per heavy atom. The highest BCUT2D eigenvalue weighted by Crippen LogP contribution is 2.39. The summed E-state index contributed by atoms with van der Waals surface area (Å²) in [5.74, 6) is -1.68. The summed E-state index contributed by atoms with van der Waals surface area (Å²) in [4.78, 5) is 11.2. The minimum Gasteiger partial charge on any atom is -0.488 e. The zero-order valence-corrected chi connectivity index (χ0v) is 16.4. The van der Waals surface area contributed by atoms with Crippen LogP contribution >= 0.6 is 23.2 Å². The molecule has 0 fully saturated rings. The Morgan fingerprint density at radius 2 is 2.04 bits per heavy atom. The zero-order valence-electron chi connectivity index (χ0n) is 14.9. The van der Waals surface area contributed by atoms with Gasteiger partial charge in [-0.05, 0) is 24.6 Å². The van der Waals surface area contributed by atoms with E-state index in [0.717, 1.165) is 10.7 Å². The number of ether oxygens (including phenoxy) is 3. The Hall–Kier alpha value is -2.39. The molecule has 1 heterocycles. The molecular weight excluding hydrogens is 424 g/mol. The Kier molecular flexibility index (Phi) is 7.20. The van der Waals surface area contributed by atoms with Gasteiger partial charge in [0.15, 0.2) is 0 Å². The number of aryl methyl sites for hydroxylation is 1. The second-order valence-electron chi connectivity index (χ2n) is 5.53. The van der Waals surface area contributed by atoms with Crippen LogP contribution in [0.1, 0.15) is 6.92 Å². The lowest BCUT2D eigenvalue weighted by atomic mass is 10.1. The molecule has 0 unspecified atom stereocenters. The van der Waals surface area contributed by atoms with Crippen molar-refractivity contribution in [3.8, 4) is 22.9 Å². The second-order valence-corrected chi connectivity index (χ2v) is 6.32. The van der Waals surface area contributed by atoms with Crippen LogP contribution in [0.4, 0.5) is 13.2 Å². The predicted octanol–water partition coefficient (Wildman–Crippen LogP) is 4.63. The van der Waals surface area contributed by atoms with Gasteiger partial charge in [0.1, 0.15) is 28.9 Å². The van der Waals surface area contributed by atoms with E-state index in [9.17, 15) is 18.0 Å². The molecule has 0 aliphatic carbocycles. The van der Waals surface area contributed by atoms with Crippen molar-refractivity contribution < 1.29 is 32.2 Å². The molecule has 0 radical (unpaired) electrons. The molecule has 2 aromatic rings. The lowest BCUT2D eigenvalue weighted by molar-refractivity contribution is -0.134. The zero-order chi connectivity index (χ0) is 21.0. The minimum atomic E-state index is -3.13. The molecule has 0 aliphatic rings. The van der Waals surface area contributed by atoms with Crippen molar-refractivity contribution in [3.63, 3.8) is 0 Å². The van der Waals surface area contributed by atoms with E-state index in [-0.39, 0.29) is 33.7 Å². The van der Waals surface area contributed by atoms with E-state index in [4.69, 9.17) is 27.9 Å². The predicted molar refractivity (Wildman–Crippen MR) is 96.5 cm³/mol. The molecule has 0 saturated carbocycles. The van der Waals surface area contributed by atoms with E-state index in [1.165, 1.54) is 26.3 Å². The van der Waals surface area contributed by atoms with Gasteiger partial charge in [0.05, 0.1) is 12.1 Å². The van der Waals surface area contributed by atoms with Crippen molar-refractivity contribution in [2.24, 2.45) is 7.05 Å². The van der Waals surface area contributed by atoms with Crippen LogP contribution in [0.5, 0.6) is 11.6 Å². The Balaban J connectivity index is 2.36. The van der Waals surface area contributed by atoms with Crippen LogP contribution < -0.4 is 9.47 Å². The fourth-order valence-electron chi connectivity index (χ4n) is 2.18. The Morgan fingerprint density at radius 1 is 1.36 bits per heavy atom. The van der Waals surface area contributed by atoms with Gasteiger partial charge in [0.25, 0.3) is 0 Å². The lowest BCUT2D eigenvalue weighted by Crippen LogP contribution is -2.06. The van der Waals surface area contributed by atoms with Gasteiger partial charge in [-0.25, -0.2) is 13.9 Å². The van der Waals surface area contributed by atoms with Crippen molar-refractivity contribution in [3.05, 3.63) is 39.6 Å². The van der Waals surface area contributed by atoms with E-state index in [2.05, 4.69) is 14.6 Å². The average molecular weight is 439 g/mol. The summed E-state index contributed by atoms with van der Waals surface area (Å²) < 4.78 is 54.7. The third-order valence-corrected chi connectivity index (χ3v) is 4.07. The molecule has 2 rings (SSSR count). The highest BCUT2D eigenvalue weighted by molar-refractivity contribution is 6.34. The number of aromatic nitrogens is 2. The van der Waals surface area contributed by atoms with Crippen molar-refractivity contribution >= 4 is 29.2 Å². The number of halogens is 5. The number of benzene rings is 1. The first-order valence-corrected chi connectivity index (χ1v) is 8.44. The van der Waals surface area contributed by atoms with E-state index in [0.29, 0.717) is 5.57 Å². The number of hydrogen-bond acceptors (Lipinski definition) is 5. The van der Waals surface area contributed by atoms with Gasteiger partial charge in [-0.1, -0.05) is 23.2 Å². The van der Waals surface area contributed by atoms with Gasteiger partial charge in [0, 0.05) is 18.7 Å². The van der Waals surface area contributed by atoms with Gasteiger partial charge in [-0.3, -0.25) is 0 Å². The van der Waals surface area contributed by atoms with E-state index >= 15 is 0 Å². The fourth-order valence-corrected chi connectivity index (χ4v) is 2.69.